The summed E-state index contributed by atoms with van der Waals surface area (Å²) in [5.74, 6) is 0. The van der Waals surface area contributed by atoms with E-state index in [9.17, 15) is 0 Å². The molecule has 0 fully saturated rings. The molecule has 1 heteroatoms. The van der Waals surface area contributed by atoms with Crippen molar-refractivity contribution in [3.05, 3.63) is 24.3 Å². The Hall–Kier alpha value is 0.210. The molecule has 0 saturated carbocycles. The maximum Gasteiger partial charge on any atom is -0.000473 e. The lowest BCUT2D eigenvalue weighted by atomic mass is 10.1. The van der Waals surface area contributed by atoms with Gasteiger partial charge in [0.25, 0.3) is 0 Å². The van der Waals surface area contributed by atoms with Crippen LogP contribution in [0.1, 0.15) is 64.7 Å². The minimum Gasteiger partial charge on any atom is -0.0864 e. The molecule has 0 radical (unpaired) electrons. The minimum atomic E-state index is 1.14. The van der Waals surface area contributed by atoms with Crippen LogP contribution >= 0.6 is 22.6 Å². The van der Waals surface area contributed by atoms with Crippen LogP contribution < -0.4 is 0 Å². The molecule has 0 aromatic heterocycles. The SMILES string of the molecule is CC/C=C/C=C\CCCCCCCCCI. The third kappa shape index (κ3) is 14.2. The van der Waals surface area contributed by atoms with E-state index in [4.69, 9.17) is 0 Å². The van der Waals surface area contributed by atoms with Crippen molar-refractivity contribution in [1.82, 2.24) is 0 Å². The summed E-state index contributed by atoms with van der Waals surface area (Å²) in [4.78, 5) is 0. The molecule has 0 aliphatic heterocycles. The maximum absolute atomic E-state index is 2.47. The molecule has 0 atom stereocenters. The summed E-state index contributed by atoms with van der Waals surface area (Å²) in [5, 5.41) is 0. The fourth-order valence-electron chi connectivity index (χ4n) is 1.63. The van der Waals surface area contributed by atoms with Crippen molar-refractivity contribution < 1.29 is 0 Å². The zero-order chi connectivity index (χ0) is 11.9. The summed E-state index contributed by atoms with van der Waals surface area (Å²) >= 11 is 2.47. The number of allylic oxidation sites excluding steroid dienone is 4. The summed E-state index contributed by atoms with van der Waals surface area (Å²) in [6.07, 6.45) is 21.2. The third-order valence-corrected chi connectivity index (χ3v) is 3.39. The lowest BCUT2D eigenvalue weighted by Gasteiger charge is -1.99. The normalized spacial score (nSPS) is 11.9. The van der Waals surface area contributed by atoms with E-state index in [1.807, 2.05) is 0 Å². The molecule has 0 aliphatic carbocycles. The Kier molecular flexibility index (Phi) is 15.4. The number of unbranched alkanes of at least 4 members (excludes halogenated alkanes) is 7. The van der Waals surface area contributed by atoms with Crippen LogP contribution in [0.4, 0.5) is 0 Å². The molecule has 0 bridgehead atoms. The van der Waals surface area contributed by atoms with Gasteiger partial charge in [0.05, 0.1) is 0 Å². The van der Waals surface area contributed by atoms with Crippen molar-refractivity contribution in [2.45, 2.75) is 64.7 Å². The van der Waals surface area contributed by atoms with E-state index in [1.54, 1.807) is 0 Å². The molecule has 0 aromatic rings. The van der Waals surface area contributed by atoms with Crippen LogP contribution in [0.25, 0.3) is 0 Å². The quantitative estimate of drug-likeness (QED) is 0.186. The van der Waals surface area contributed by atoms with Crippen LogP contribution in [-0.4, -0.2) is 4.43 Å². The van der Waals surface area contributed by atoms with Crippen molar-refractivity contribution in [3.8, 4) is 0 Å². The van der Waals surface area contributed by atoms with Gasteiger partial charge in [-0.3, -0.25) is 0 Å². The van der Waals surface area contributed by atoms with Crippen molar-refractivity contribution >= 4 is 22.6 Å². The monoisotopic (exact) mass is 334 g/mol. The molecule has 0 rings (SSSR count). The van der Waals surface area contributed by atoms with Gasteiger partial charge < -0.3 is 0 Å². The molecule has 94 valence electrons. The van der Waals surface area contributed by atoms with Crippen molar-refractivity contribution in [2.75, 3.05) is 4.43 Å². The first-order chi connectivity index (χ1) is 7.91. The second-order valence-corrected chi connectivity index (χ2v) is 5.30. The van der Waals surface area contributed by atoms with Crippen LogP contribution in [0, 0.1) is 0 Å². The average Bonchev–Trinajstić information content (AvgIpc) is 2.31. The molecule has 0 spiro atoms. The Balaban J connectivity index is 3.03. The Morgan fingerprint density at radius 1 is 0.750 bits per heavy atom. The van der Waals surface area contributed by atoms with Crippen LogP contribution in [0.2, 0.25) is 0 Å². The number of alkyl halides is 1. The van der Waals surface area contributed by atoms with E-state index < -0.39 is 0 Å². The summed E-state index contributed by atoms with van der Waals surface area (Å²) in [6.45, 7) is 2.17. The first kappa shape index (κ1) is 16.2. The lowest BCUT2D eigenvalue weighted by molar-refractivity contribution is 0.594. The average molecular weight is 334 g/mol. The standard InChI is InChI=1S/C15H27I/c1-2-3-4-5-6-7-8-9-10-11-12-13-14-15-16/h3-6H,2,7-15H2,1H3/b4-3+,6-5-. The molecule has 0 unspecified atom stereocenters. The van der Waals surface area contributed by atoms with E-state index in [-0.39, 0.29) is 0 Å². The summed E-state index contributed by atoms with van der Waals surface area (Å²) in [5.41, 5.74) is 0. The molecule has 0 aromatic carbocycles. The van der Waals surface area contributed by atoms with Gasteiger partial charge in [-0.15, -0.1) is 0 Å². The second-order valence-electron chi connectivity index (χ2n) is 4.22. The lowest BCUT2D eigenvalue weighted by Crippen LogP contribution is -1.80. The molecule has 0 heterocycles. The van der Waals surface area contributed by atoms with E-state index in [0.29, 0.717) is 0 Å². The van der Waals surface area contributed by atoms with Gasteiger partial charge >= 0.3 is 0 Å². The highest BCUT2D eigenvalue weighted by Gasteiger charge is 1.90. The smallest absolute Gasteiger partial charge is 0.000473 e. The van der Waals surface area contributed by atoms with Crippen molar-refractivity contribution in [1.29, 1.82) is 0 Å². The van der Waals surface area contributed by atoms with Crippen LogP contribution in [0.5, 0.6) is 0 Å². The first-order valence-corrected chi connectivity index (χ1v) is 8.32. The minimum absolute atomic E-state index is 1.14. The number of rotatable bonds is 11. The molecule has 0 nitrogen and oxygen atoms in total. The van der Waals surface area contributed by atoms with Gasteiger partial charge in [-0.1, -0.05) is 85.9 Å². The van der Waals surface area contributed by atoms with Gasteiger partial charge in [0.2, 0.25) is 0 Å². The van der Waals surface area contributed by atoms with Crippen molar-refractivity contribution in [3.63, 3.8) is 0 Å². The fraction of sp³-hybridized carbons (Fsp3) is 0.733. The number of hydrogen-bond acceptors (Lipinski definition) is 0. The third-order valence-electron chi connectivity index (χ3n) is 2.62. The molecule has 16 heavy (non-hydrogen) atoms. The molecular formula is C15H27I. The van der Waals surface area contributed by atoms with Gasteiger partial charge in [0.15, 0.2) is 0 Å². The highest BCUT2D eigenvalue weighted by Crippen LogP contribution is 2.09. The Bertz CT molecular complexity index is 170. The maximum atomic E-state index is 2.47. The van der Waals surface area contributed by atoms with Crippen LogP contribution in [0.15, 0.2) is 24.3 Å². The topological polar surface area (TPSA) is 0 Å². The molecule has 0 aliphatic rings. The number of halogens is 1. The van der Waals surface area contributed by atoms with Gasteiger partial charge in [-0.25, -0.2) is 0 Å². The summed E-state index contributed by atoms with van der Waals surface area (Å²) in [7, 11) is 0. The first-order valence-electron chi connectivity index (χ1n) is 6.79. The number of hydrogen-bond donors (Lipinski definition) is 0. The highest BCUT2D eigenvalue weighted by molar-refractivity contribution is 14.1. The highest BCUT2D eigenvalue weighted by atomic mass is 127. The summed E-state index contributed by atoms with van der Waals surface area (Å²) in [6, 6.07) is 0. The Labute approximate surface area is 116 Å². The molecular weight excluding hydrogens is 307 g/mol. The Morgan fingerprint density at radius 3 is 1.94 bits per heavy atom. The van der Waals surface area contributed by atoms with E-state index in [2.05, 4.69) is 53.8 Å². The van der Waals surface area contributed by atoms with Crippen LogP contribution in [-0.2, 0) is 0 Å². The van der Waals surface area contributed by atoms with Crippen LogP contribution in [0.3, 0.4) is 0 Å². The van der Waals surface area contributed by atoms with Gasteiger partial charge in [-0.2, -0.15) is 0 Å². The predicted octanol–water partition coefficient (Wildman–Crippen LogP) is 6.06. The fourth-order valence-corrected chi connectivity index (χ4v) is 2.17. The summed E-state index contributed by atoms with van der Waals surface area (Å²) < 4.78 is 1.33. The predicted molar refractivity (Wildman–Crippen MR) is 84.4 cm³/mol. The van der Waals surface area contributed by atoms with E-state index >= 15 is 0 Å². The zero-order valence-corrected chi connectivity index (χ0v) is 12.9. The van der Waals surface area contributed by atoms with E-state index in [0.717, 1.165) is 6.42 Å². The van der Waals surface area contributed by atoms with Gasteiger partial charge in [-0.05, 0) is 30.1 Å². The van der Waals surface area contributed by atoms with Gasteiger partial charge in [0, 0.05) is 0 Å². The molecule has 0 saturated heterocycles. The van der Waals surface area contributed by atoms with Gasteiger partial charge in [0.1, 0.15) is 0 Å². The molecule has 0 amide bonds. The Morgan fingerprint density at radius 2 is 1.31 bits per heavy atom. The molecule has 0 N–H and O–H groups in total. The van der Waals surface area contributed by atoms with Crippen molar-refractivity contribution in [2.24, 2.45) is 0 Å². The largest absolute Gasteiger partial charge is 0.0864 e. The van der Waals surface area contributed by atoms with E-state index in [1.165, 1.54) is 55.8 Å². The zero-order valence-electron chi connectivity index (χ0n) is 10.8. The second kappa shape index (κ2) is 15.2.